The third-order valence-corrected chi connectivity index (χ3v) is 4.13. The van der Waals surface area contributed by atoms with Gasteiger partial charge in [-0.3, -0.25) is 4.79 Å². The maximum Gasteiger partial charge on any atom is 0.316 e. The molecule has 0 aliphatic carbocycles. The molecule has 0 aliphatic heterocycles. The Labute approximate surface area is 112 Å². The first kappa shape index (κ1) is 13.0. The number of esters is 1. The molecule has 0 saturated heterocycles. The van der Waals surface area contributed by atoms with Crippen LogP contribution < -0.4 is 0 Å². The molecule has 0 N–H and O–H groups in total. The van der Waals surface area contributed by atoms with Crippen molar-refractivity contribution < 1.29 is 14.1 Å². The van der Waals surface area contributed by atoms with Crippen LogP contribution in [0.15, 0.2) is 14.9 Å². The molecule has 0 atom stereocenters. The van der Waals surface area contributed by atoms with Gasteiger partial charge in [0.15, 0.2) is 9.35 Å². The lowest BCUT2D eigenvalue weighted by atomic mass is 10.3. The molecule has 0 bridgehead atoms. The number of hydrogen-bond donors (Lipinski definition) is 0. The predicted molar refractivity (Wildman–Crippen MR) is 67.5 cm³/mol. The van der Waals surface area contributed by atoms with Crippen molar-refractivity contribution in [3.05, 3.63) is 11.8 Å². The average Bonchev–Trinajstić information content (AvgIpc) is 3.03. The second kappa shape index (κ2) is 5.96. The molecule has 0 aliphatic rings. The first-order valence-corrected chi connectivity index (χ1v) is 7.02. The zero-order valence-corrected chi connectivity index (χ0v) is 11.5. The van der Waals surface area contributed by atoms with Gasteiger partial charge in [-0.15, -0.1) is 10.2 Å². The minimum absolute atomic E-state index is 0.226. The zero-order valence-electron chi connectivity index (χ0n) is 9.87. The molecular weight excluding hydrogens is 274 g/mol. The second-order valence-corrected chi connectivity index (χ2v) is 5.47. The zero-order chi connectivity index (χ0) is 13.0. The van der Waals surface area contributed by atoms with Gasteiger partial charge in [-0.1, -0.05) is 35.2 Å². The molecule has 2 heterocycles. The lowest BCUT2D eigenvalue weighted by molar-refractivity contribution is -0.137. The van der Waals surface area contributed by atoms with Gasteiger partial charge in [0.2, 0.25) is 0 Å². The molecular formula is C10H11N3O3S2. The molecule has 6 nitrogen and oxygen atoms in total. The van der Waals surface area contributed by atoms with Gasteiger partial charge in [0.1, 0.15) is 11.5 Å². The van der Waals surface area contributed by atoms with Gasteiger partial charge in [0.05, 0.1) is 12.9 Å². The van der Waals surface area contributed by atoms with Crippen LogP contribution in [0.3, 0.4) is 0 Å². The van der Waals surface area contributed by atoms with Crippen LogP contribution in [0.2, 0.25) is 0 Å². The molecule has 2 aromatic rings. The molecule has 2 rings (SSSR count). The number of aryl methyl sites for hydroxylation is 1. The van der Waals surface area contributed by atoms with E-state index < -0.39 is 0 Å². The Hall–Kier alpha value is -1.41. The molecule has 0 amide bonds. The van der Waals surface area contributed by atoms with Gasteiger partial charge in [0, 0.05) is 12.5 Å². The summed E-state index contributed by atoms with van der Waals surface area (Å²) in [7, 11) is 1.36. The van der Waals surface area contributed by atoms with Crippen LogP contribution in [0, 0.1) is 0 Å². The Morgan fingerprint density at radius 3 is 3.06 bits per heavy atom. The fourth-order valence-electron chi connectivity index (χ4n) is 1.13. The van der Waals surface area contributed by atoms with Crippen molar-refractivity contribution in [3.63, 3.8) is 0 Å². The van der Waals surface area contributed by atoms with Crippen molar-refractivity contribution >= 4 is 29.1 Å². The van der Waals surface area contributed by atoms with Crippen LogP contribution in [0.1, 0.15) is 12.7 Å². The number of methoxy groups -OCH3 is 1. The van der Waals surface area contributed by atoms with E-state index in [-0.39, 0.29) is 11.7 Å². The molecule has 0 fully saturated rings. The highest BCUT2D eigenvalue weighted by Crippen LogP contribution is 2.29. The number of thioether (sulfide) groups is 1. The SMILES string of the molecule is CCc1cc(-c2nnc(SCC(=O)OC)s2)no1. The number of nitrogens with zero attached hydrogens (tertiary/aromatic N) is 3. The first-order valence-electron chi connectivity index (χ1n) is 5.22. The van der Waals surface area contributed by atoms with Crippen molar-refractivity contribution in [1.82, 2.24) is 15.4 Å². The molecule has 96 valence electrons. The monoisotopic (exact) mass is 285 g/mol. The van der Waals surface area contributed by atoms with Crippen LogP contribution in [-0.4, -0.2) is 34.2 Å². The van der Waals surface area contributed by atoms with E-state index in [1.807, 2.05) is 13.0 Å². The van der Waals surface area contributed by atoms with Gasteiger partial charge in [0.25, 0.3) is 0 Å². The molecule has 2 aromatic heterocycles. The highest BCUT2D eigenvalue weighted by atomic mass is 32.2. The van der Waals surface area contributed by atoms with Gasteiger partial charge < -0.3 is 9.26 Å². The summed E-state index contributed by atoms with van der Waals surface area (Å²) in [6, 6.07) is 1.84. The molecule has 0 aromatic carbocycles. The quantitative estimate of drug-likeness (QED) is 0.614. The van der Waals surface area contributed by atoms with E-state index in [2.05, 4.69) is 20.1 Å². The number of carbonyl (C=O) groups is 1. The Balaban J connectivity index is 2.03. The van der Waals surface area contributed by atoms with Crippen LogP contribution in [0.4, 0.5) is 0 Å². The van der Waals surface area contributed by atoms with Crippen LogP contribution in [0.5, 0.6) is 0 Å². The lowest BCUT2D eigenvalue weighted by Gasteiger charge is -1.94. The molecule has 0 saturated carbocycles. The largest absolute Gasteiger partial charge is 0.468 e. The molecule has 0 unspecified atom stereocenters. The summed E-state index contributed by atoms with van der Waals surface area (Å²) in [5.74, 6) is 0.750. The summed E-state index contributed by atoms with van der Waals surface area (Å²) < 4.78 is 10.4. The van der Waals surface area contributed by atoms with E-state index in [9.17, 15) is 4.79 Å². The van der Waals surface area contributed by atoms with E-state index in [1.165, 1.54) is 30.2 Å². The number of hydrogen-bond acceptors (Lipinski definition) is 8. The maximum absolute atomic E-state index is 11.0. The van der Waals surface area contributed by atoms with Crippen molar-refractivity contribution in [2.45, 2.75) is 17.7 Å². The van der Waals surface area contributed by atoms with Gasteiger partial charge in [-0.25, -0.2) is 0 Å². The van der Waals surface area contributed by atoms with Gasteiger partial charge in [-0.05, 0) is 0 Å². The maximum atomic E-state index is 11.0. The van der Waals surface area contributed by atoms with E-state index in [4.69, 9.17) is 4.52 Å². The van der Waals surface area contributed by atoms with Gasteiger partial charge in [-0.2, -0.15) is 0 Å². The van der Waals surface area contributed by atoms with E-state index in [1.54, 1.807) is 0 Å². The van der Waals surface area contributed by atoms with Crippen molar-refractivity contribution in [2.75, 3.05) is 12.9 Å². The van der Waals surface area contributed by atoms with Crippen LogP contribution >= 0.6 is 23.1 Å². The summed E-state index contributed by atoms with van der Waals surface area (Å²) in [5.41, 5.74) is 0.675. The van der Waals surface area contributed by atoms with Crippen LogP contribution in [-0.2, 0) is 16.0 Å². The summed E-state index contributed by atoms with van der Waals surface area (Å²) in [6.07, 6.45) is 0.787. The number of rotatable bonds is 5. The normalized spacial score (nSPS) is 10.6. The smallest absolute Gasteiger partial charge is 0.316 e. The standard InChI is InChI=1S/C10H11N3O3S2/c1-3-6-4-7(13-16-6)9-11-12-10(18-9)17-5-8(14)15-2/h4H,3,5H2,1-2H3. The van der Waals surface area contributed by atoms with Crippen molar-refractivity contribution in [1.29, 1.82) is 0 Å². The van der Waals surface area contributed by atoms with E-state index >= 15 is 0 Å². The Morgan fingerprint density at radius 1 is 1.56 bits per heavy atom. The number of ether oxygens (including phenoxy) is 1. The Kier molecular flexibility index (Phi) is 4.32. The summed E-state index contributed by atoms with van der Waals surface area (Å²) in [4.78, 5) is 11.0. The minimum Gasteiger partial charge on any atom is -0.468 e. The molecule has 18 heavy (non-hydrogen) atoms. The summed E-state index contributed by atoms with van der Waals surface area (Å²) in [6.45, 7) is 1.99. The minimum atomic E-state index is -0.286. The molecule has 8 heteroatoms. The first-order chi connectivity index (χ1) is 8.72. The number of carbonyl (C=O) groups excluding carboxylic acids is 1. The van der Waals surface area contributed by atoms with E-state index in [0.717, 1.165) is 12.2 Å². The molecule has 0 radical (unpaired) electrons. The fraction of sp³-hybridized carbons (Fsp3) is 0.400. The third-order valence-electron chi connectivity index (χ3n) is 2.07. The Morgan fingerprint density at radius 2 is 2.39 bits per heavy atom. The predicted octanol–water partition coefficient (Wildman–Crippen LogP) is 2.02. The van der Waals surface area contributed by atoms with Crippen LogP contribution in [0.25, 0.3) is 10.7 Å². The summed E-state index contributed by atoms with van der Waals surface area (Å²) in [5, 5.41) is 12.6. The van der Waals surface area contributed by atoms with Crippen molar-refractivity contribution in [2.24, 2.45) is 0 Å². The number of aromatic nitrogens is 3. The van der Waals surface area contributed by atoms with Crippen molar-refractivity contribution in [3.8, 4) is 10.7 Å². The fourth-order valence-corrected chi connectivity index (χ4v) is 2.77. The lowest BCUT2D eigenvalue weighted by Crippen LogP contribution is -2.02. The highest BCUT2D eigenvalue weighted by molar-refractivity contribution is 8.01. The topological polar surface area (TPSA) is 78.1 Å². The molecule has 0 spiro atoms. The van der Waals surface area contributed by atoms with E-state index in [0.29, 0.717) is 15.0 Å². The highest BCUT2D eigenvalue weighted by Gasteiger charge is 2.12. The third kappa shape index (κ3) is 3.08. The van der Waals surface area contributed by atoms with Gasteiger partial charge >= 0.3 is 5.97 Å². The Bertz CT molecular complexity index is 538. The average molecular weight is 285 g/mol. The summed E-state index contributed by atoms with van der Waals surface area (Å²) >= 11 is 2.67. The second-order valence-electron chi connectivity index (χ2n) is 3.27.